The first-order chi connectivity index (χ1) is 9.75. The summed E-state index contributed by atoms with van der Waals surface area (Å²) in [4.78, 5) is 22.8. The van der Waals surface area contributed by atoms with Crippen LogP contribution in [0.15, 0.2) is 18.2 Å². The van der Waals surface area contributed by atoms with E-state index in [0.29, 0.717) is 18.7 Å². The van der Waals surface area contributed by atoms with Crippen LogP contribution in [0.2, 0.25) is 0 Å². The molecule has 0 bridgehead atoms. The number of hydrogen-bond donors (Lipinski definition) is 3. The summed E-state index contributed by atoms with van der Waals surface area (Å²) in [6.45, 7) is 6.59. The minimum Gasteiger partial charge on any atom is -0.478 e. The summed E-state index contributed by atoms with van der Waals surface area (Å²) in [6, 6.07) is 4.67. The van der Waals surface area contributed by atoms with Crippen molar-refractivity contribution in [2.45, 2.75) is 40.0 Å². The van der Waals surface area contributed by atoms with Gasteiger partial charge in [-0.15, -0.1) is 0 Å². The van der Waals surface area contributed by atoms with E-state index in [2.05, 4.69) is 19.2 Å². The molecule has 1 aromatic rings. The highest BCUT2D eigenvalue weighted by atomic mass is 16.4. The Morgan fingerprint density at radius 1 is 1.29 bits per heavy atom. The van der Waals surface area contributed by atoms with Crippen molar-refractivity contribution in [1.29, 1.82) is 0 Å². The number of benzene rings is 1. The van der Waals surface area contributed by atoms with Gasteiger partial charge in [-0.2, -0.15) is 0 Å². The maximum absolute atomic E-state index is 12.0. The maximum atomic E-state index is 12.0. The van der Waals surface area contributed by atoms with Gasteiger partial charge in [-0.3, -0.25) is 4.79 Å². The van der Waals surface area contributed by atoms with Gasteiger partial charge in [0.05, 0.1) is 5.56 Å². The first kappa shape index (κ1) is 17.2. The number of anilines is 1. The van der Waals surface area contributed by atoms with Gasteiger partial charge in [-0.25, -0.2) is 4.79 Å². The Balaban J connectivity index is 2.61. The molecule has 0 fully saturated rings. The molecule has 1 rings (SSSR count). The van der Waals surface area contributed by atoms with Crippen LogP contribution >= 0.6 is 0 Å². The molecule has 1 aromatic carbocycles. The van der Waals surface area contributed by atoms with E-state index >= 15 is 0 Å². The van der Waals surface area contributed by atoms with Gasteiger partial charge in [0.25, 0.3) is 0 Å². The molecule has 0 aliphatic carbocycles. The van der Waals surface area contributed by atoms with Crippen molar-refractivity contribution in [3.63, 3.8) is 0 Å². The van der Waals surface area contributed by atoms with Crippen LogP contribution in [0.1, 0.15) is 49.0 Å². The van der Waals surface area contributed by atoms with Crippen LogP contribution in [0.25, 0.3) is 0 Å². The van der Waals surface area contributed by atoms with E-state index in [-0.39, 0.29) is 16.9 Å². The van der Waals surface area contributed by atoms with E-state index in [9.17, 15) is 9.59 Å². The van der Waals surface area contributed by atoms with Gasteiger partial charge in [0, 0.05) is 12.1 Å². The van der Waals surface area contributed by atoms with E-state index in [0.717, 1.165) is 18.4 Å². The van der Waals surface area contributed by atoms with Gasteiger partial charge >= 0.3 is 5.97 Å². The monoisotopic (exact) mass is 292 g/mol. The van der Waals surface area contributed by atoms with Crippen LogP contribution in [0.5, 0.6) is 0 Å². The van der Waals surface area contributed by atoms with Crippen molar-refractivity contribution in [3.05, 3.63) is 29.3 Å². The second-order valence-corrected chi connectivity index (χ2v) is 6.09. The smallest absolute Gasteiger partial charge is 0.335 e. The van der Waals surface area contributed by atoms with E-state index < -0.39 is 5.97 Å². The number of amides is 1. The molecule has 0 aliphatic heterocycles. The molecule has 5 nitrogen and oxygen atoms in total. The van der Waals surface area contributed by atoms with E-state index in [4.69, 9.17) is 10.8 Å². The lowest BCUT2D eigenvalue weighted by atomic mass is 9.84. The van der Waals surface area contributed by atoms with Gasteiger partial charge in [-0.05, 0) is 55.5 Å². The third-order valence-corrected chi connectivity index (χ3v) is 3.60. The molecule has 0 unspecified atom stereocenters. The number of nitrogens with one attached hydrogen (secondary N) is 1. The number of carbonyl (C=O) groups excluding carboxylic acids is 1. The van der Waals surface area contributed by atoms with Crippen molar-refractivity contribution in [1.82, 2.24) is 0 Å². The number of carboxylic acids is 1. The van der Waals surface area contributed by atoms with E-state index in [1.807, 2.05) is 0 Å². The van der Waals surface area contributed by atoms with Crippen molar-refractivity contribution >= 4 is 17.6 Å². The largest absolute Gasteiger partial charge is 0.478 e. The standard InChI is InChI=1S/C16H24N2O3/c1-11-10-12(15(20)21)4-5-13(11)18-14(19)6-7-16(2,3)8-9-17/h4-5,10H,6-9,17H2,1-3H3,(H,18,19)(H,20,21). The van der Waals surface area contributed by atoms with Crippen molar-refractivity contribution in [2.75, 3.05) is 11.9 Å². The molecule has 0 aromatic heterocycles. The lowest BCUT2D eigenvalue weighted by Gasteiger charge is -2.23. The third kappa shape index (κ3) is 5.55. The molecule has 0 spiro atoms. The predicted molar refractivity (Wildman–Crippen MR) is 83.5 cm³/mol. The summed E-state index contributed by atoms with van der Waals surface area (Å²) >= 11 is 0. The van der Waals surface area contributed by atoms with Crippen molar-refractivity contribution in [2.24, 2.45) is 11.1 Å². The Labute approximate surface area is 125 Å². The van der Waals surface area contributed by atoms with E-state index in [1.54, 1.807) is 19.1 Å². The lowest BCUT2D eigenvalue weighted by molar-refractivity contribution is -0.116. The Kier molecular flexibility index (Phi) is 5.90. The molecule has 0 saturated heterocycles. The van der Waals surface area contributed by atoms with Gasteiger partial charge in [0.1, 0.15) is 0 Å². The number of carboxylic acid groups (broad SMARTS) is 1. The minimum atomic E-state index is -0.973. The number of aromatic carboxylic acids is 1. The Bertz CT molecular complexity index is 524. The SMILES string of the molecule is Cc1cc(C(=O)O)ccc1NC(=O)CCC(C)(C)CCN. The van der Waals surface area contributed by atoms with Gasteiger partial charge in [-0.1, -0.05) is 13.8 Å². The molecule has 0 heterocycles. The van der Waals surface area contributed by atoms with Gasteiger partial charge < -0.3 is 16.2 Å². The molecule has 0 atom stereocenters. The molecule has 21 heavy (non-hydrogen) atoms. The summed E-state index contributed by atoms with van der Waals surface area (Å²) in [5, 5.41) is 11.7. The molecular formula is C16H24N2O3. The zero-order valence-electron chi connectivity index (χ0n) is 12.9. The lowest BCUT2D eigenvalue weighted by Crippen LogP contribution is -2.21. The fourth-order valence-corrected chi connectivity index (χ4v) is 2.12. The number of hydrogen-bond acceptors (Lipinski definition) is 3. The first-order valence-electron chi connectivity index (χ1n) is 7.09. The van der Waals surface area contributed by atoms with Crippen LogP contribution in [0, 0.1) is 12.3 Å². The maximum Gasteiger partial charge on any atom is 0.335 e. The average molecular weight is 292 g/mol. The van der Waals surface area contributed by atoms with Crippen LogP contribution in [-0.4, -0.2) is 23.5 Å². The fourth-order valence-electron chi connectivity index (χ4n) is 2.12. The quantitative estimate of drug-likeness (QED) is 0.720. The summed E-state index contributed by atoms with van der Waals surface area (Å²) in [7, 11) is 0. The Hall–Kier alpha value is -1.88. The second kappa shape index (κ2) is 7.22. The second-order valence-electron chi connectivity index (χ2n) is 6.09. The molecule has 4 N–H and O–H groups in total. The van der Waals surface area contributed by atoms with E-state index in [1.165, 1.54) is 6.07 Å². The first-order valence-corrected chi connectivity index (χ1v) is 7.09. The van der Waals surface area contributed by atoms with Crippen molar-refractivity contribution in [3.8, 4) is 0 Å². The highest BCUT2D eigenvalue weighted by Gasteiger charge is 2.18. The highest BCUT2D eigenvalue weighted by Crippen LogP contribution is 2.26. The molecule has 116 valence electrons. The van der Waals surface area contributed by atoms with Crippen molar-refractivity contribution < 1.29 is 14.7 Å². The van der Waals surface area contributed by atoms with Gasteiger partial charge in [0.2, 0.25) is 5.91 Å². The Morgan fingerprint density at radius 2 is 1.95 bits per heavy atom. The zero-order chi connectivity index (χ0) is 16.0. The normalized spacial score (nSPS) is 11.2. The molecule has 0 saturated carbocycles. The Morgan fingerprint density at radius 3 is 2.48 bits per heavy atom. The summed E-state index contributed by atoms with van der Waals surface area (Å²) in [6.07, 6.45) is 2.07. The number of rotatable bonds is 7. The van der Waals surface area contributed by atoms with Crippen LogP contribution in [-0.2, 0) is 4.79 Å². The molecule has 5 heteroatoms. The van der Waals surface area contributed by atoms with Crippen LogP contribution < -0.4 is 11.1 Å². The minimum absolute atomic E-state index is 0.0499. The number of carbonyl (C=O) groups is 2. The number of aryl methyl sites for hydroxylation is 1. The zero-order valence-corrected chi connectivity index (χ0v) is 12.9. The molecule has 0 radical (unpaired) electrons. The summed E-state index contributed by atoms with van der Waals surface area (Å²) in [5.74, 6) is -1.04. The third-order valence-electron chi connectivity index (χ3n) is 3.60. The topological polar surface area (TPSA) is 92.4 Å². The molecule has 1 amide bonds. The molecule has 0 aliphatic rings. The summed E-state index contributed by atoms with van der Waals surface area (Å²) < 4.78 is 0. The average Bonchev–Trinajstić information content (AvgIpc) is 2.38. The highest BCUT2D eigenvalue weighted by molar-refractivity contribution is 5.93. The van der Waals surface area contributed by atoms with Crippen LogP contribution in [0.3, 0.4) is 0 Å². The van der Waals surface area contributed by atoms with Crippen LogP contribution in [0.4, 0.5) is 5.69 Å². The van der Waals surface area contributed by atoms with Gasteiger partial charge in [0.15, 0.2) is 0 Å². The predicted octanol–water partition coefficient (Wildman–Crippen LogP) is 2.79. The summed E-state index contributed by atoms with van der Waals surface area (Å²) in [5.41, 5.74) is 7.22. The fraction of sp³-hybridized carbons (Fsp3) is 0.500. The molecular weight excluding hydrogens is 268 g/mol. The number of nitrogens with two attached hydrogens (primary N) is 1.